The molecule has 0 spiro atoms. The summed E-state index contributed by atoms with van der Waals surface area (Å²) in [5.41, 5.74) is 1.01. The molecule has 2 rings (SSSR count). The van der Waals surface area contributed by atoms with Crippen molar-refractivity contribution in [3.05, 3.63) is 34.9 Å². The highest BCUT2D eigenvalue weighted by atomic mass is 35.5. The van der Waals surface area contributed by atoms with Crippen molar-refractivity contribution in [2.75, 3.05) is 13.1 Å². The Labute approximate surface area is 113 Å². The molecule has 1 aromatic rings. The Morgan fingerprint density at radius 2 is 2.28 bits per heavy atom. The minimum absolute atomic E-state index is 0.00700. The van der Waals surface area contributed by atoms with Crippen molar-refractivity contribution < 1.29 is 4.79 Å². The first kappa shape index (κ1) is 13.4. The molecule has 1 fully saturated rings. The van der Waals surface area contributed by atoms with Crippen molar-refractivity contribution in [2.24, 2.45) is 0 Å². The molecule has 18 heavy (non-hydrogen) atoms. The Morgan fingerprint density at radius 1 is 1.50 bits per heavy atom. The van der Waals surface area contributed by atoms with Crippen molar-refractivity contribution in [1.82, 2.24) is 10.2 Å². The highest BCUT2D eigenvalue weighted by Gasteiger charge is 2.26. The molecule has 1 atom stereocenters. The Balaban J connectivity index is 2.05. The summed E-state index contributed by atoms with van der Waals surface area (Å²) in [5, 5.41) is 3.97. The molecule has 98 valence electrons. The fourth-order valence-corrected chi connectivity index (χ4v) is 2.49. The van der Waals surface area contributed by atoms with Gasteiger partial charge in [-0.25, -0.2) is 0 Å². The monoisotopic (exact) mass is 266 g/mol. The molecule has 1 aliphatic rings. The molecular formula is C14H19ClN2O. The van der Waals surface area contributed by atoms with Gasteiger partial charge in [0.1, 0.15) is 0 Å². The largest absolute Gasteiger partial charge is 0.337 e. The Kier molecular flexibility index (Phi) is 4.61. The number of carbonyl (C=O) groups is 1. The first-order valence-electron chi connectivity index (χ1n) is 6.48. The van der Waals surface area contributed by atoms with Gasteiger partial charge < -0.3 is 10.2 Å². The van der Waals surface area contributed by atoms with Gasteiger partial charge in [0.2, 0.25) is 5.91 Å². The van der Waals surface area contributed by atoms with Crippen LogP contribution in [-0.2, 0) is 11.3 Å². The van der Waals surface area contributed by atoms with Gasteiger partial charge >= 0.3 is 0 Å². The second-order valence-electron chi connectivity index (χ2n) is 4.59. The molecule has 0 aromatic heterocycles. The molecule has 1 heterocycles. The summed E-state index contributed by atoms with van der Waals surface area (Å²) in [4.78, 5) is 14.2. The number of nitrogens with zero attached hydrogens (tertiary/aromatic N) is 1. The summed E-state index contributed by atoms with van der Waals surface area (Å²) in [5.74, 6) is 0.190. The fraction of sp³-hybridized carbons (Fsp3) is 0.500. The number of hydrogen-bond acceptors (Lipinski definition) is 2. The van der Waals surface area contributed by atoms with Crippen LogP contribution in [0.1, 0.15) is 25.3 Å². The number of rotatable bonds is 4. The third-order valence-electron chi connectivity index (χ3n) is 3.37. The maximum absolute atomic E-state index is 12.3. The smallest absolute Gasteiger partial charge is 0.239 e. The Hall–Kier alpha value is -1.06. The van der Waals surface area contributed by atoms with E-state index in [0.29, 0.717) is 13.1 Å². The average molecular weight is 267 g/mol. The molecule has 0 unspecified atom stereocenters. The van der Waals surface area contributed by atoms with Crippen molar-refractivity contribution >= 4 is 17.5 Å². The van der Waals surface area contributed by atoms with Crippen LogP contribution in [0, 0.1) is 0 Å². The van der Waals surface area contributed by atoms with Gasteiger partial charge in [0, 0.05) is 18.1 Å². The van der Waals surface area contributed by atoms with E-state index in [2.05, 4.69) is 5.32 Å². The van der Waals surface area contributed by atoms with Gasteiger partial charge in [0.05, 0.1) is 6.04 Å². The van der Waals surface area contributed by atoms with Crippen LogP contribution in [0.5, 0.6) is 0 Å². The third kappa shape index (κ3) is 3.03. The van der Waals surface area contributed by atoms with Crippen LogP contribution >= 0.6 is 11.6 Å². The summed E-state index contributed by atoms with van der Waals surface area (Å²) in [6.07, 6.45) is 2.03. The number of nitrogens with one attached hydrogen (secondary N) is 1. The SMILES string of the molecule is CCN(Cc1ccccc1Cl)C(=O)[C@H]1CCCN1. The minimum Gasteiger partial charge on any atom is -0.337 e. The molecule has 0 bridgehead atoms. The Bertz CT molecular complexity index is 416. The number of hydrogen-bond donors (Lipinski definition) is 1. The fourth-order valence-electron chi connectivity index (χ4n) is 2.29. The number of carbonyl (C=O) groups excluding carboxylic acids is 1. The van der Waals surface area contributed by atoms with Crippen LogP contribution in [0.15, 0.2) is 24.3 Å². The molecule has 3 nitrogen and oxygen atoms in total. The summed E-state index contributed by atoms with van der Waals surface area (Å²) >= 11 is 6.14. The van der Waals surface area contributed by atoms with E-state index in [4.69, 9.17) is 11.6 Å². The van der Waals surface area contributed by atoms with Gasteiger partial charge in [0.25, 0.3) is 0 Å². The van der Waals surface area contributed by atoms with E-state index in [-0.39, 0.29) is 11.9 Å². The number of likely N-dealkylation sites (N-methyl/N-ethyl adjacent to an activating group) is 1. The van der Waals surface area contributed by atoms with Crippen molar-refractivity contribution in [3.63, 3.8) is 0 Å². The van der Waals surface area contributed by atoms with E-state index in [0.717, 1.165) is 30.0 Å². The zero-order valence-corrected chi connectivity index (χ0v) is 11.4. The predicted octanol–water partition coefficient (Wildman–Crippen LogP) is 2.44. The molecule has 1 aliphatic heterocycles. The molecule has 0 aliphatic carbocycles. The number of benzene rings is 1. The second kappa shape index (κ2) is 6.21. The predicted molar refractivity (Wildman–Crippen MR) is 73.6 cm³/mol. The minimum atomic E-state index is -0.00700. The Morgan fingerprint density at radius 3 is 2.89 bits per heavy atom. The lowest BCUT2D eigenvalue weighted by Crippen LogP contribution is -2.43. The van der Waals surface area contributed by atoms with Gasteiger partial charge in [0.15, 0.2) is 0 Å². The lowest BCUT2D eigenvalue weighted by molar-refractivity contribution is -0.133. The van der Waals surface area contributed by atoms with Crippen LogP contribution in [0.2, 0.25) is 5.02 Å². The first-order valence-corrected chi connectivity index (χ1v) is 6.85. The molecule has 4 heteroatoms. The van der Waals surface area contributed by atoms with E-state index in [1.165, 1.54) is 0 Å². The summed E-state index contributed by atoms with van der Waals surface area (Å²) < 4.78 is 0. The van der Waals surface area contributed by atoms with Crippen LogP contribution in [-0.4, -0.2) is 29.9 Å². The summed E-state index contributed by atoms with van der Waals surface area (Å²) in [6, 6.07) is 7.69. The molecule has 0 saturated carbocycles. The molecule has 1 N–H and O–H groups in total. The average Bonchev–Trinajstić information content (AvgIpc) is 2.91. The zero-order valence-electron chi connectivity index (χ0n) is 10.7. The lowest BCUT2D eigenvalue weighted by atomic mass is 10.1. The maximum atomic E-state index is 12.3. The second-order valence-corrected chi connectivity index (χ2v) is 5.00. The molecular weight excluding hydrogens is 248 g/mol. The normalized spacial score (nSPS) is 18.9. The van der Waals surface area contributed by atoms with E-state index < -0.39 is 0 Å². The topological polar surface area (TPSA) is 32.3 Å². The van der Waals surface area contributed by atoms with Crippen LogP contribution < -0.4 is 5.32 Å². The maximum Gasteiger partial charge on any atom is 0.239 e. The summed E-state index contributed by atoms with van der Waals surface area (Å²) in [6.45, 7) is 4.25. The highest BCUT2D eigenvalue weighted by molar-refractivity contribution is 6.31. The molecule has 0 radical (unpaired) electrons. The van der Waals surface area contributed by atoms with Crippen LogP contribution in [0.3, 0.4) is 0 Å². The van der Waals surface area contributed by atoms with Crippen LogP contribution in [0.4, 0.5) is 0 Å². The molecule has 1 amide bonds. The van der Waals surface area contributed by atoms with Gasteiger partial charge in [-0.2, -0.15) is 0 Å². The molecule has 1 saturated heterocycles. The van der Waals surface area contributed by atoms with Gasteiger partial charge in [-0.15, -0.1) is 0 Å². The molecule has 1 aromatic carbocycles. The van der Waals surface area contributed by atoms with E-state index in [1.54, 1.807) is 0 Å². The van der Waals surface area contributed by atoms with E-state index in [9.17, 15) is 4.79 Å². The first-order chi connectivity index (χ1) is 8.72. The van der Waals surface area contributed by atoms with E-state index >= 15 is 0 Å². The standard InChI is InChI=1S/C14H19ClN2O/c1-2-17(14(18)13-8-5-9-16-13)10-11-6-3-4-7-12(11)15/h3-4,6-7,13,16H,2,5,8-10H2,1H3/t13-/m1/s1. The number of amides is 1. The lowest BCUT2D eigenvalue weighted by Gasteiger charge is -2.24. The van der Waals surface area contributed by atoms with Gasteiger partial charge in [-0.3, -0.25) is 4.79 Å². The summed E-state index contributed by atoms with van der Waals surface area (Å²) in [7, 11) is 0. The van der Waals surface area contributed by atoms with Gasteiger partial charge in [-0.1, -0.05) is 29.8 Å². The number of halogens is 1. The zero-order chi connectivity index (χ0) is 13.0. The van der Waals surface area contributed by atoms with E-state index in [1.807, 2.05) is 36.1 Å². The quantitative estimate of drug-likeness (QED) is 0.908. The van der Waals surface area contributed by atoms with Crippen molar-refractivity contribution in [1.29, 1.82) is 0 Å². The highest BCUT2D eigenvalue weighted by Crippen LogP contribution is 2.18. The third-order valence-corrected chi connectivity index (χ3v) is 3.74. The van der Waals surface area contributed by atoms with Crippen molar-refractivity contribution in [2.45, 2.75) is 32.4 Å². The van der Waals surface area contributed by atoms with Crippen molar-refractivity contribution in [3.8, 4) is 0 Å². The van der Waals surface area contributed by atoms with Gasteiger partial charge in [-0.05, 0) is 37.9 Å². The van der Waals surface area contributed by atoms with Crippen LogP contribution in [0.25, 0.3) is 0 Å².